The lowest BCUT2D eigenvalue weighted by Gasteiger charge is -2.24. The molecule has 5 nitrogen and oxygen atoms in total. The van der Waals surface area contributed by atoms with Crippen LogP contribution in [0.25, 0.3) is 0 Å². The van der Waals surface area contributed by atoms with Crippen molar-refractivity contribution in [3.05, 3.63) is 0 Å². The van der Waals surface area contributed by atoms with Gasteiger partial charge in [0.1, 0.15) is 11.6 Å². The first-order valence-corrected chi connectivity index (χ1v) is 6.75. The average molecular weight is 310 g/mol. The van der Waals surface area contributed by atoms with Crippen molar-refractivity contribution in [2.75, 3.05) is 13.1 Å². The summed E-state index contributed by atoms with van der Waals surface area (Å²) in [4.78, 5) is 24.7. The zero-order chi connectivity index (χ0) is 16.4. The smallest absolute Gasteiger partial charge is 0.408 e. The van der Waals surface area contributed by atoms with E-state index in [-0.39, 0.29) is 19.5 Å². The van der Waals surface area contributed by atoms with Gasteiger partial charge in [-0.2, -0.15) is 13.2 Å². The molecule has 1 aliphatic heterocycles. The lowest BCUT2D eigenvalue weighted by Crippen LogP contribution is -2.47. The van der Waals surface area contributed by atoms with E-state index < -0.39 is 35.7 Å². The van der Waals surface area contributed by atoms with Crippen molar-refractivity contribution in [3.63, 3.8) is 0 Å². The fraction of sp³-hybridized carbons (Fsp3) is 0.846. The fourth-order valence-electron chi connectivity index (χ4n) is 2.05. The molecule has 0 spiro atoms. The van der Waals surface area contributed by atoms with Crippen molar-refractivity contribution in [1.82, 2.24) is 10.2 Å². The number of carbonyl (C=O) groups excluding carboxylic acids is 2. The Morgan fingerprint density at radius 3 is 2.29 bits per heavy atom. The predicted octanol–water partition coefficient (Wildman–Crippen LogP) is 2.31. The van der Waals surface area contributed by atoms with Crippen LogP contribution in [0.2, 0.25) is 0 Å². The molecule has 8 heteroatoms. The van der Waals surface area contributed by atoms with Gasteiger partial charge in [0.15, 0.2) is 0 Å². The molecule has 2 atom stereocenters. The molecule has 0 bridgehead atoms. The van der Waals surface area contributed by atoms with Gasteiger partial charge in [-0.1, -0.05) is 0 Å². The topological polar surface area (TPSA) is 58.6 Å². The average Bonchev–Trinajstić information content (AvgIpc) is 2.73. The van der Waals surface area contributed by atoms with Crippen molar-refractivity contribution in [3.8, 4) is 0 Å². The number of rotatable bonds is 2. The summed E-state index contributed by atoms with van der Waals surface area (Å²) in [7, 11) is 0. The van der Waals surface area contributed by atoms with Gasteiger partial charge in [-0.3, -0.25) is 4.79 Å². The highest BCUT2D eigenvalue weighted by Gasteiger charge is 2.45. The maximum absolute atomic E-state index is 12.6. The molecular weight excluding hydrogens is 289 g/mol. The third kappa shape index (κ3) is 5.43. The molecule has 0 aromatic heterocycles. The maximum atomic E-state index is 12.6. The lowest BCUT2D eigenvalue weighted by molar-refractivity contribution is -0.171. The van der Waals surface area contributed by atoms with Crippen LogP contribution in [0.5, 0.6) is 0 Å². The summed E-state index contributed by atoms with van der Waals surface area (Å²) in [6, 6.07) is -0.924. The van der Waals surface area contributed by atoms with E-state index in [0.29, 0.717) is 0 Å². The molecule has 1 heterocycles. The van der Waals surface area contributed by atoms with Crippen LogP contribution in [-0.2, 0) is 9.53 Å². The van der Waals surface area contributed by atoms with Gasteiger partial charge in [-0.05, 0) is 34.1 Å². The van der Waals surface area contributed by atoms with Crippen molar-refractivity contribution in [2.24, 2.45) is 5.92 Å². The highest BCUT2D eigenvalue weighted by Crippen LogP contribution is 2.33. The number of hydrogen-bond donors (Lipinski definition) is 1. The van der Waals surface area contributed by atoms with Crippen molar-refractivity contribution < 1.29 is 27.5 Å². The minimum atomic E-state index is -4.29. The van der Waals surface area contributed by atoms with Crippen LogP contribution in [0.3, 0.4) is 0 Å². The third-order valence-electron chi connectivity index (χ3n) is 3.07. The Morgan fingerprint density at radius 2 is 1.86 bits per heavy atom. The predicted molar refractivity (Wildman–Crippen MR) is 69.6 cm³/mol. The SMILES string of the molecule is C[C@@H](NC(=O)OC(C)(C)C)C(=O)N1CCC(C(F)(F)F)C1. The van der Waals surface area contributed by atoms with Crippen LogP contribution in [0.1, 0.15) is 34.1 Å². The molecule has 21 heavy (non-hydrogen) atoms. The van der Waals surface area contributed by atoms with Crippen LogP contribution in [-0.4, -0.2) is 47.8 Å². The normalized spacial score (nSPS) is 21.1. The standard InChI is InChI=1S/C13H21F3N2O3/c1-8(17-11(20)21-12(2,3)4)10(19)18-6-5-9(7-18)13(14,15)16/h8-9H,5-7H2,1-4H3,(H,17,20)/t8-,9?/m1/s1. The van der Waals surface area contributed by atoms with Crippen molar-refractivity contribution in [1.29, 1.82) is 0 Å². The van der Waals surface area contributed by atoms with Gasteiger partial charge in [0, 0.05) is 13.1 Å². The summed E-state index contributed by atoms with van der Waals surface area (Å²) < 4.78 is 42.7. The monoisotopic (exact) mass is 310 g/mol. The Hall–Kier alpha value is -1.47. The van der Waals surface area contributed by atoms with E-state index in [0.717, 1.165) is 4.90 Å². The van der Waals surface area contributed by atoms with E-state index in [1.54, 1.807) is 20.8 Å². The molecule has 1 unspecified atom stereocenters. The largest absolute Gasteiger partial charge is 0.444 e. The van der Waals surface area contributed by atoms with Crippen LogP contribution in [0, 0.1) is 5.92 Å². The van der Waals surface area contributed by atoms with E-state index >= 15 is 0 Å². The van der Waals surface area contributed by atoms with Crippen LogP contribution >= 0.6 is 0 Å². The van der Waals surface area contributed by atoms with E-state index in [4.69, 9.17) is 4.74 Å². The van der Waals surface area contributed by atoms with Crippen LogP contribution < -0.4 is 5.32 Å². The Morgan fingerprint density at radius 1 is 1.29 bits per heavy atom. The van der Waals surface area contributed by atoms with Crippen LogP contribution in [0.15, 0.2) is 0 Å². The zero-order valence-corrected chi connectivity index (χ0v) is 12.6. The Bertz CT molecular complexity index is 404. The first-order chi connectivity index (χ1) is 9.40. The molecule has 1 N–H and O–H groups in total. The molecule has 0 radical (unpaired) electrons. The minimum Gasteiger partial charge on any atom is -0.444 e. The van der Waals surface area contributed by atoms with Crippen molar-refractivity contribution >= 4 is 12.0 Å². The molecule has 0 saturated carbocycles. The molecule has 122 valence electrons. The number of nitrogens with one attached hydrogen (secondary N) is 1. The van der Waals surface area contributed by atoms with Gasteiger partial charge >= 0.3 is 12.3 Å². The molecule has 2 amide bonds. The second-order valence-electron chi connectivity index (χ2n) is 6.18. The number of nitrogens with zero attached hydrogens (tertiary/aromatic N) is 1. The van der Waals surface area contributed by atoms with Gasteiger partial charge < -0.3 is 15.0 Å². The van der Waals surface area contributed by atoms with Crippen LogP contribution in [0.4, 0.5) is 18.0 Å². The summed E-state index contributed by atoms with van der Waals surface area (Å²) in [5.41, 5.74) is -0.706. The van der Waals surface area contributed by atoms with E-state index in [1.807, 2.05) is 0 Å². The number of ether oxygens (including phenoxy) is 1. The van der Waals surface area contributed by atoms with Gasteiger partial charge in [0.05, 0.1) is 5.92 Å². The first-order valence-electron chi connectivity index (χ1n) is 6.75. The summed E-state index contributed by atoms with van der Waals surface area (Å²) in [5.74, 6) is -2.03. The summed E-state index contributed by atoms with van der Waals surface area (Å²) in [6.07, 6.45) is -5.17. The summed E-state index contributed by atoms with van der Waals surface area (Å²) in [6.45, 7) is 6.13. The number of halogens is 3. The highest BCUT2D eigenvalue weighted by molar-refractivity contribution is 5.85. The molecule has 1 saturated heterocycles. The fourth-order valence-corrected chi connectivity index (χ4v) is 2.05. The zero-order valence-electron chi connectivity index (χ0n) is 12.6. The number of alkyl carbamates (subject to hydrolysis) is 1. The van der Waals surface area contributed by atoms with E-state index in [1.165, 1.54) is 6.92 Å². The molecule has 0 aromatic carbocycles. The van der Waals surface area contributed by atoms with Gasteiger partial charge in [-0.25, -0.2) is 4.79 Å². The molecule has 0 aromatic rings. The van der Waals surface area contributed by atoms with Crippen molar-refractivity contribution in [2.45, 2.75) is 51.9 Å². The summed E-state index contributed by atoms with van der Waals surface area (Å²) >= 11 is 0. The molecule has 1 fully saturated rings. The quantitative estimate of drug-likeness (QED) is 0.851. The number of carbonyl (C=O) groups is 2. The molecule has 0 aliphatic carbocycles. The number of alkyl halides is 3. The number of likely N-dealkylation sites (tertiary alicyclic amines) is 1. The second-order valence-corrected chi connectivity index (χ2v) is 6.18. The Balaban J connectivity index is 2.51. The lowest BCUT2D eigenvalue weighted by atomic mass is 10.1. The molecule has 1 rings (SSSR count). The Kier molecular flexibility index (Phi) is 5.11. The highest BCUT2D eigenvalue weighted by atomic mass is 19.4. The summed E-state index contributed by atoms with van der Waals surface area (Å²) in [5, 5.41) is 2.33. The minimum absolute atomic E-state index is 0.0450. The van der Waals surface area contributed by atoms with Gasteiger partial charge in [0.25, 0.3) is 0 Å². The number of hydrogen-bond acceptors (Lipinski definition) is 3. The van der Waals surface area contributed by atoms with Gasteiger partial charge in [-0.15, -0.1) is 0 Å². The Labute approximate surface area is 121 Å². The first kappa shape index (κ1) is 17.6. The van der Waals surface area contributed by atoms with Gasteiger partial charge in [0.2, 0.25) is 5.91 Å². The number of amides is 2. The molecular formula is C13H21F3N2O3. The third-order valence-corrected chi connectivity index (χ3v) is 3.07. The van der Waals surface area contributed by atoms with E-state index in [2.05, 4.69) is 5.32 Å². The second kappa shape index (κ2) is 6.11. The van der Waals surface area contributed by atoms with E-state index in [9.17, 15) is 22.8 Å². The maximum Gasteiger partial charge on any atom is 0.408 e. The molecule has 1 aliphatic rings.